The number of carboxylic acid groups (broad SMARTS) is 1. The molecule has 0 aromatic heterocycles. The summed E-state index contributed by atoms with van der Waals surface area (Å²) in [4.78, 5) is 13.3. The zero-order chi connectivity index (χ0) is 22.0. The molecule has 0 atom stereocenters. The van der Waals surface area contributed by atoms with Crippen molar-refractivity contribution in [1.82, 2.24) is 4.90 Å². The topological polar surface area (TPSA) is 49.8 Å². The van der Waals surface area contributed by atoms with E-state index in [1.807, 2.05) is 0 Å². The Kier molecular flexibility index (Phi) is 6.19. The fourth-order valence-electron chi connectivity index (χ4n) is 4.70. The van der Waals surface area contributed by atoms with E-state index in [2.05, 4.69) is 74.2 Å². The number of nitrogens with zero attached hydrogens (tertiary/aromatic N) is 1. The first kappa shape index (κ1) is 21.6. The van der Waals surface area contributed by atoms with Gasteiger partial charge in [-0.3, -0.25) is 9.69 Å². The highest BCUT2D eigenvalue weighted by atomic mass is 16.5. The number of hydrogen-bond acceptors (Lipinski definition) is 3. The Hall–Kier alpha value is -2.59. The molecule has 0 radical (unpaired) electrons. The highest BCUT2D eigenvalue weighted by molar-refractivity contribution is 5.73. The summed E-state index contributed by atoms with van der Waals surface area (Å²) in [5.41, 5.74) is 6.85. The van der Waals surface area contributed by atoms with Crippen molar-refractivity contribution < 1.29 is 14.6 Å². The van der Waals surface area contributed by atoms with Crippen molar-refractivity contribution in [2.24, 2.45) is 11.3 Å². The average Bonchev–Trinajstić information content (AvgIpc) is 2.70. The lowest BCUT2D eigenvalue weighted by Gasteiger charge is -2.38. The molecule has 1 N–H and O–H groups in total. The summed E-state index contributed by atoms with van der Waals surface area (Å²) in [5.74, 6) is 0.0845. The van der Waals surface area contributed by atoms with Crippen LogP contribution in [0.15, 0.2) is 54.1 Å². The Morgan fingerprint density at radius 2 is 1.87 bits per heavy atom. The molecule has 0 bridgehead atoms. The van der Waals surface area contributed by atoms with Crippen LogP contribution in [-0.2, 0) is 17.6 Å². The van der Waals surface area contributed by atoms with Gasteiger partial charge >= 0.3 is 5.97 Å². The van der Waals surface area contributed by atoms with E-state index in [0.29, 0.717) is 19.7 Å². The van der Waals surface area contributed by atoms with E-state index in [1.165, 1.54) is 27.8 Å². The number of rotatable bonds is 8. The van der Waals surface area contributed by atoms with Gasteiger partial charge in [0.1, 0.15) is 5.75 Å². The lowest BCUT2D eigenvalue weighted by Crippen LogP contribution is -2.50. The standard InChI is InChI=1S/C27H33NO3/c1-19-22(15-28-16-23(17-28)26(29)30)10-9-21-13-24(11-12-25(19)21)31-18-27(2,3)14-20-7-5-4-6-8-20/h4-8,11-13,23H,9-10,14-18H2,1-3H3,(H,29,30). The third kappa shape index (κ3) is 5.19. The first-order valence-corrected chi connectivity index (χ1v) is 11.2. The molecule has 2 aromatic rings. The zero-order valence-corrected chi connectivity index (χ0v) is 18.9. The van der Waals surface area contributed by atoms with Gasteiger partial charge in [0.15, 0.2) is 0 Å². The van der Waals surface area contributed by atoms with Crippen molar-refractivity contribution in [2.75, 3.05) is 26.2 Å². The molecule has 4 nitrogen and oxygen atoms in total. The molecular formula is C27H33NO3. The van der Waals surface area contributed by atoms with Gasteiger partial charge in [-0.05, 0) is 60.6 Å². The third-order valence-corrected chi connectivity index (χ3v) is 6.58. The molecule has 4 rings (SSSR count). The molecule has 0 unspecified atom stereocenters. The molecule has 0 amide bonds. The molecule has 2 aliphatic rings. The number of aliphatic carboxylic acids is 1. The van der Waals surface area contributed by atoms with Gasteiger partial charge in [-0.25, -0.2) is 0 Å². The van der Waals surface area contributed by atoms with Crippen LogP contribution in [0.4, 0.5) is 0 Å². The van der Waals surface area contributed by atoms with Crippen molar-refractivity contribution in [3.05, 3.63) is 70.8 Å². The maximum atomic E-state index is 11.0. The Bertz CT molecular complexity index is 971. The molecule has 1 saturated heterocycles. The van der Waals surface area contributed by atoms with Crippen LogP contribution in [0.25, 0.3) is 5.57 Å². The molecule has 1 fully saturated rings. The maximum Gasteiger partial charge on any atom is 0.309 e. The van der Waals surface area contributed by atoms with E-state index in [0.717, 1.165) is 31.6 Å². The number of carboxylic acids is 1. The Balaban J connectivity index is 1.37. The number of fused-ring (bicyclic) bond motifs is 1. The van der Waals surface area contributed by atoms with Gasteiger partial charge in [-0.15, -0.1) is 0 Å². The molecular weight excluding hydrogens is 386 g/mol. The normalized spacial score (nSPS) is 17.3. The summed E-state index contributed by atoms with van der Waals surface area (Å²) in [6, 6.07) is 17.1. The number of hydrogen-bond donors (Lipinski definition) is 1. The first-order valence-electron chi connectivity index (χ1n) is 11.2. The van der Waals surface area contributed by atoms with Crippen LogP contribution in [0.5, 0.6) is 5.75 Å². The van der Waals surface area contributed by atoms with Gasteiger partial charge in [0, 0.05) is 25.0 Å². The van der Waals surface area contributed by atoms with Crippen molar-refractivity contribution in [1.29, 1.82) is 0 Å². The number of allylic oxidation sites excluding steroid dienone is 1. The van der Waals surface area contributed by atoms with Crippen LogP contribution in [0, 0.1) is 11.3 Å². The number of likely N-dealkylation sites (tertiary alicyclic amines) is 1. The van der Waals surface area contributed by atoms with Gasteiger partial charge < -0.3 is 9.84 Å². The minimum Gasteiger partial charge on any atom is -0.493 e. The third-order valence-electron chi connectivity index (χ3n) is 6.58. The molecule has 4 heteroatoms. The van der Waals surface area contributed by atoms with Crippen LogP contribution in [0.1, 0.15) is 43.9 Å². The van der Waals surface area contributed by atoms with Crippen molar-refractivity contribution >= 4 is 11.5 Å². The highest BCUT2D eigenvalue weighted by Gasteiger charge is 2.33. The zero-order valence-electron chi connectivity index (χ0n) is 18.9. The van der Waals surface area contributed by atoms with E-state index in [-0.39, 0.29) is 11.3 Å². The molecule has 0 spiro atoms. The van der Waals surface area contributed by atoms with Gasteiger partial charge in [-0.2, -0.15) is 0 Å². The Labute approximate surface area is 185 Å². The molecule has 164 valence electrons. The lowest BCUT2D eigenvalue weighted by atomic mass is 9.85. The first-order chi connectivity index (χ1) is 14.8. The van der Waals surface area contributed by atoms with Crippen LogP contribution < -0.4 is 4.74 Å². The SMILES string of the molecule is CC1=C(CN2CC(C(=O)O)C2)CCc2cc(OCC(C)(C)Cc3ccccc3)ccc21. The Morgan fingerprint density at radius 3 is 2.58 bits per heavy atom. The highest BCUT2D eigenvalue weighted by Crippen LogP contribution is 2.35. The smallest absolute Gasteiger partial charge is 0.309 e. The van der Waals surface area contributed by atoms with Gasteiger partial charge in [-0.1, -0.05) is 55.8 Å². The second-order valence-corrected chi connectivity index (χ2v) is 9.89. The lowest BCUT2D eigenvalue weighted by molar-refractivity contribution is -0.147. The predicted molar refractivity (Wildman–Crippen MR) is 124 cm³/mol. The van der Waals surface area contributed by atoms with E-state index in [4.69, 9.17) is 9.84 Å². The van der Waals surface area contributed by atoms with E-state index in [9.17, 15) is 4.79 Å². The fraction of sp³-hybridized carbons (Fsp3) is 0.444. The second kappa shape index (κ2) is 8.88. The fourth-order valence-corrected chi connectivity index (χ4v) is 4.70. The summed E-state index contributed by atoms with van der Waals surface area (Å²) in [6.45, 7) is 9.62. The molecule has 1 heterocycles. The van der Waals surface area contributed by atoms with Gasteiger partial charge in [0.2, 0.25) is 0 Å². The predicted octanol–water partition coefficient (Wildman–Crippen LogP) is 5.07. The summed E-state index contributed by atoms with van der Waals surface area (Å²) in [5, 5.41) is 9.08. The molecule has 1 aliphatic heterocycles. The molecule has 0 saturated carbocycles. The number of carbonyl (C=O) groups is 1. The quantitative estimate of drug-likeness (QED) is 0.649. The minimum atomic E-state index is -0.671. The number of ether oxygens (including phenoxy) is 1. The monoisotopic (exact) mass is 419 g/mol. The molecule has 31 heavy (non-hydrogen) atoms. The van der Waals surface area contributed by atoms with Crippen LogP contribution in [-0.4, -0.2) is 42.2 Å². The summed E-state index contributed by atoms with van der Waals surface area (Å²) >= 11 is 0. The van der Waals surface area contributed by atoms with Crippen molar-refractivity contribution in [3.8, 4) is 5.75 Å². The molecule has 1 aliphatic carbocycles. The summed E-state index contributed by atoms with van der Waals surface area (Å²) in [7, 11) is 0. The van der Waals surface area contributed by atoms with Crippen LogP contribution in [0.2, 0.25) is 0 Å². The second-order valence-electron chi connectivity index (χ2n) is 9.89. The summed E-state index contributed by atoms with van der Waals surface area (Å²) < 4.78 is 6.22. The van der Waals surface area contributed by atoms with E-state index >= 15 is 0 Å². The van der Waals surface area contributed by atoms with Gasteiger partial charge in [0.25, 0.3) is 0 Å². The van der Waals surface area contributed by atoms with Crippen LogP contribution in [0.3, 0.4) is 0 Å². The molecule has 2 aromatic carbocycles. The average molecular weight is 420 g/mol. The van der Waals surface area contributed by atoms with E-state index in [1.54, 1.807) is 0 Å². The van der Waals surface area contributed by atoms with Crippen molar-refractivity contribution in [3.63, 3.8) is 0 Å². The summed E-state index contributed by atoms with van der Waals surface area (Å²) in [6.07, 6.45) is 3.04. The number of aryl methyl sites for hydroxylation is 1. The van der Waals surface area contributed by atoms with Crippen molar-refractivity contribution in [2.45, 2.75) is 40.0 Å². The van der Waals surface area contributed by atoms with Gasteiger partial charge in [0.05, 0.1) is 12.5 Å². The minimum absolute atomic E-state index is 0.0608. The Morgan fingerprint density at radius 1 is 1.13 bits per heavy atom. The number of benzene rings is 2. The maximum absolute atomic E-state index is 11.0. The van der Waals surface area contributed by atoms with E-state index < -0.39 is 5.97 Å². The largest absolute Gasteiger partial charge is 0.493 e. The van der Waals surface area contributed by atoms with Crippen LogP contribution >= 0.6 is 0 Å².